The van der Waals surface area contributed by atoms with Gasteiger partial charge in [-0.1, -0.05) is 24.3 Å². The summed E-state index contributed by atoms with van der Waals surface area (Å²) in [6.45, 7) is 1.55. The molecule has 0 saturated carbocycles. The minimum Gasteiger partial charge on any atom is -0.289 e. The Balaban J connectivity index is 2.31. The Labute approximate surface area is 114 Å². The van der Waals surface area contributed by atoms with E-state index in [-0.39, 0.29) is 28.4 Å². The molecule has 0 bridgehead atoms. The van der Waals surface area contributed by atoms with Gasteiger partial charge < -0.3 is 0 Å². The molecule has 0 unspecified atom stereocenters. The first-order valence-electron chi connectivity index (χ1n) is 5.98. The highest BCUT2D eigenvalue weighted by molar-refractivity contribution is 6.28. The van der Waals surface area contributed by atoms with E-state index in [1.54, 1.807) is 31.2 Å². The van der Waals surface area contributed by atoms with Crippen molar-refractivity contribution >= 4 is 17.3 Å². The van der Waals surface area contributed by atoms with Crippen LogP contribution in [0.3, 0.4) is 0 Å². The van der Waals surface area contributed by atoms with Crippen LogP contribution < -0.4 is 0 Å². The average molecular weight is 267 g/mol. The number of benzene rings is 2. The number of ketones is 2. The van der Waals surface area contributed by atoms with E-state index in [1.807, 2.05) is 0 Å². The molecule has 0 aliphatic heterocycles. The third-order valence-corrected chi connectivity index (χ3v) is 3.44. The van der Waals surface area contributed by atoms with Crippen LogP contribution in [0.2, 0.25) is 0 Å². The number of hydrogen-bond acceptors (Lipinski definition) is 4. The van der Waals surface area contributed by atoms with Gasteiger partial charge in [0.05, 0.1) is 4.92 Å². The molecule has 0 radical (unpaired) electrons. The molecule has 0 amide bonds. The summed E-state index contributed by atoms with van der Waals surface area (Å²) in [5, 5.41) is 11.0. The van der Waals surface area contributed by atoms with Crippen molar-refractivity contribution in [3.05, 3.63) is 74.3 Å². The highest BCUT2D eigenvalue weighted by Gasteiger charge is 2.31. The predicted molar refractivity (Wildman–Crippen MR) is 71.1 cm³/mol. The molecule has 0 spiro atoms. The molecule has 0 N–H and O–H groups in total. The number of carbonyl (C=O) groups is 2. The molecule has 0 fully saturated rings. The van der Waals surface area contributed by atoms with Crippen molar-refractivity contribution in [1.82, 2.24) is 0 Å². The van der Waals surface area contributed by atoms with Gasteiger partial charge in [0.15, 0.2) is 11.6 Å². The largest absolute Gasteiger partial charge is 0.289 e. The zero-order valence-corrected chi connectivity index (χ0v) is 10.5. The fourth-order valence-electron chi connectivity index (χ4n) is 2.44. The highest BCUT2D eigenvalue weighted by Crippen LogP contribution is 2.31. The van der Waals surface area contributed by atoms with E-state index in [4.69, 9.17) is 0 Å². The number of rotatable bonds is 1. The molecule has 3 rings (SSSR count). The summed E-state index contributed by atoms with van der Waals surface area (Å²) in [7, 11) is 0. The summed E-state index contributed by atoms with van der Waals surface area (Å²) >= 11 is 0. The number of fused-ring (bicyclic) bond motifs is 2. The number of nitrogens with zero attached hydrogens (tertiary/aromatic N) is 1. The van der Waals surface area contributed by atoms with Gasteiger partial charge in [0, 0.05) is 33.9 Å². The van der Waals surface area contributed by atoms with Gasteiger partial charge in [0.2, 0.25) is 0 Å². The fourth-order valence-corrected chi connectivity index (χ4v) is 2.44. The monoisotopic (exact) mass is 267 g/mol. The van der Waals surface area contributed by atoms with Crippen LogP contribution in [0.4, 0.5) is 5.69 Å². The standard InChI is InChI=1S/C15H9NO4/c1-8-6-11-12(7-13(8)16(19)20)15(18)10-5-3-2-4-9(10)14(11)17/h2-7H,1H3. The van der Waals surface area contributed by atoms with Gasteiger partial charge in [-0.05, 0) is 13.0 Å². The average Bonchev–Trinajstić information content (AvgIpc) is 2.44. The topological polar surface area (TPSA) is 77.3 Å². The lowest BCUT2D eigenvalue weighted by molar-refractivity contribution is -0.385. The molecular weight excluding hydrogens is 258 g/mol. The maximum atomic E-state index is 12.4. The first kappa shape index (κ1) is 12.2. The van der Waals surface area contributed by atoms with Crippen molar-refractivity contribution in [2.24, 2.45) is 0 Å². The summed E-state index contributed by atoms with van der Waals surface area (Å²) in [6.07, 6.45) is 0. The summed E-state index contributed by atoms with van der Waals surface area (Å²) in [6, 6.07) is 9.12. The molecule has 1 aliphatic rings. The third kappa shape index (κ3) is 1.56. The van der Waals surface area contributed by atoms with Crippen molar-refractivity contribution in [2.45, 2.75) is 6.92 Å². The first-order chi connectivity index (χ1) is 9.50. The second kappa shape index (κ2) is 4.09. The smallest absolute Gasteiger partial charge is 0.273 e. The fraction of sp³-hybridized carbons (Fsp3) is 0.0667. The zero-order chi connectivity index (χ0) is 14.4. The van der Waals surface area contributed by atoms with Gasteiger partial charge in [0.1, 0.15) is 0 Å². The molecule has 2 aromatic rings. The minimum absolute atomic E-state index is 0.103. The zero-order valence-electron chi connectivity index (χ0n) is 10.5. The second-order valence-electron chi connectivity index (χ2n) is 4.65. The quantitative estimate of drug-likeness (QED) is 0.501. The van der Waals surface area contributed by atoms with Crippen LogP contribution >= 0.6 is 0 Å². The molecule has 2 aromatic carbocycles. The number of nitro benzene ring substituents is 1. The summed E-state index contributed by atoms with van der Waals surface area (Å²) in [5.74, 6) is -0.619. The summed E-state index contributed by atoms with van der Waals surface area (Å²) in [4.78, 5) is 35.1. The molecular formula is C15H9NO4. The third-order valence-electron chi connectivity index (χ3n) is 3.44. The number of hydrogen-bond donors (Lipinski definition) is 0. The van der Waals surface area contributed by atoms with Crippen LogP contribution in [0, 0.1) is 17.0 Å². The van der Waals surface area contributed by atoms with Crippen molar-refractivity contribution in [3.63, 3.8) is 0 Å². The van der Waals surface area contributed by atoms with Gasteiger partial charge in [0.25, 0.3) is 5.69 Å². The maximum Gasteiger partial charge on any atom is 0.273 e. The maximum absolute atomic E-state index is 12.4. The van der Waals surface area contributed by atoms with E-state index in [2.05, 4.69) is 0 Å². The summed E-state index contributed by atoms with van der Waals surface area (Å²) < 4.78 is 0. The van der Waals surface area contributed by atoms with Crippen LogP contribution in [0.1, 0.15) is 37.4 Å². The van der Waals surface area contributed by atoms with E-state index in [1.165, 1.54) is 12.1 Å². The lowest BCUT2D eigenvalue weighted by atomic mass is 9.83. The van der Waals surface area contributed by atoms with Crippen molar-refractivity contribution in [1.29, 1.82) is 0 Å². The molecule has 5 nitrogen and oxygen atoms in total. The van der Waals surface area contributed by atoms with E-state index in [0.29, 0.717) is 16.7 Å². The van der Waals surface area contributed by atoms with Crippen LogP contribution in [0.5, 0.6) is 0 Å². The van der Waals surface area contributed by atoms with Crippen molar-refractivity contribution < 1.29 is 14.5 Å². The number of nitro groups is 1. The Morgan fingerprint density at radius 2 is 1.40 bits per heavy atom. The van der Waals surface area contributed by atoms with E-state index >= 15 is 0 Å². The molecule has 0 atom stereocenters. The lowest BCUT2D eigenvalue weighted by Gasteiger charge is -2.17. The van der Waals surface area contributed by atoms with Crippen molar-refractivity contribution in [2.75, 3.05) is 0 Å². The Hall–Kier alpha value is -2.82. The van der Waals surface area contributed by atoms with E-state index in [0.717, 1.165) is 0 Å². The van der Waals surface area contributed by atoms with Crippen LogP contribution in [0.25, 0.3) is 0 Å². The first-order valence-corrected chi connectivity index (χ1v) is 5.98. The lowest BCUT2D eigenvalue weighted by Crippen LogP contribution is -2.21. The molecule has 0 heterocycles. The van der Waals surface area contributed by atoms with Gasteiger partial charge in [-0.25, -0.2) is 0 Å². The van der Waals surface area contributed by atoms with Gasteiger partial charge in [-0.15, -0.1) is 0 Å². The molecule has 20 heavy (non-hydrogen) atoms. The van der Waals surface area contributed by atoms with E-state index < -0.39 is 4.92 Å². The van der Waals surface area contributed by atoms with Gasteiger partial charge in [-0.3, -0.25) is 19.7 Å². The highest BCUT2D eigenvalue weighted by atomic mass is 16.6. The molecule has 5 heteroatoms. The van der Waals surface area contributed by atoms with Crippen LogP contribution in [-0.4, -0.2) is 16.5 Å². The molecule has 1 aliphatic carbocycles. The Kier molecular flexibility index (Phi) is 2.50. The van der Waals surface area contributed by atoms with Crippen LogP contribution in [0.15, 0.2) is 36.4 Å². The van der Waals surface area contributed by atoms with E-state index in [9.17, 15) is 19.7 Å². The van der Waals surface area contributed by atoms with Crippen molar-refractivity contribution in [3.8, 4) is 0 Å². The second-order valence-corrected chi connectivity index (χ2v) is 4.65. The van der Waals surface area contributed by atoms with Gasteiger partial charge >= 0.3 is 0 Å². The molecule has 98 valence electrons. The molecule has 0 aromatic heterocycles. The number of aryl methyl sites for hydroxylation is 1. The van der Waals surface area contributed by atoms with Crippen LogP contribution in [-0.2, 0) is 0 Å². The van der Waals surface area contributed by atoms with Gasteiger partial charge in [-0.2, -0.15) is 0 Å². The Morgan fingerprint density at radius 1 is 0.900 bits per heavy atom. The number of carbonyl (C=O) groups excluding carboxylic acids is 2. The normalized spacial score (nSPS) is 12.8. The Morgan fingerprint density at radius 3 is 1.90 bits per heavy atom. The minimum atomic E-state index is -0.548. The summed E-state index contributed by atoms with van der Waals surface area (Å²) in [5.41, 5.74) is 1.20. The molecule has 0 saturated heterocycles. The SMILES string of the molecule is Cc1cc2c(cc1[N+](=O)[O-])C(=O)c1ccccc1C2=O. The predicted octanol–water partition coefficient (Wildman–Crippen LogP) is 2.68. The Bertz CT molecular complexity index is 792.